The largest absolute Gasteiger partial charge is 0.351 e. The number of thioether (sulfide) groups is 1. The van der Waals surface area contributed by atoms with Crippen molar-refractivity contribution >= 4 is 34.3 Å². The molecule has 0 aliphatic carbocycles. The van der Waals surface area contributed by atoms with Crippen molar-refractivity contribution in [1.82, 2.24) is 9.97 Å². The highest BCUT2D eigenvalue weighted by molar-refractivity contribution is 7.98. The van der Waals surface area contributed by atoms with Crippen molar-refractivity contribution in [3.63, 3.8) is 0 Å². The minimum Gasteiger partial charge on any atom is -0.351 e. The van der Waals surface area contributed by atoms with Gasteiger partial charge in [-0.2, -0.15) is 0 Å². The number of nitrogens with one attached hydrogen (secondary N) is 2. The highest BCUT2D eigenvalue weighted by Crippen LogP contribution is 2.23. The van der Waals surface area contributed by atoms with E-state index in [1.807, 2.05) is 67.6 Å². The number of nitrogens with zero attached hydrogens (tertiary/aromatic N) is 1. The van der Waals surface area contributed by atoms with Crippen molar-refractivity contribution in [3.05, 3.63) is 89.7 Å². The maximum Gasteiger partial charge on any atom is 0.272 e. The monoisotopic (exact) mass is 373 g/mol. The molecule has 0 unspecified atom stereocenters. The summed E-state index contributed by atoms with van der Waals surface area (Å²) in [6.45, 7) is 2.04. The number of hydrogen-bond acceptors (Lipinski definition) is 3. The number of carbonyl (C=O) groups excluding carboxylic acids is 1. The Morgan fingerprint density at radius 3 is 2.85 bits per heavy atom. The number of anilines is 1. The van der Waals surface area contributed by atoms with E-state index >= 15 is 0 Å². The Bertz CT molecular complexity index is 1090. The van der Waals surface area contributed by atoms with Crippen LogP contribution in [-0.2, 0) is 5.75 Å². The summed E-state index contributed by atoms with van der Waals surface area (Å²) >= 11 is 1.67. The van der Waals surface area contributed by atoms with Gasteiger partial charge in [-0.05, 0) is 54.4 Å². The van der Waals surface area contributed by atoms with E-state index in [9.17, 15) is 4.79 Å². The molecule has 0 aliphatic rings. The Labute approximate surface area is 162 Å². The van der Waals surface area contributed by atoms with Gasteiger partial charge in [-0.15, -0.1) is 11.8 Å². The highest BCUT2D eigenvalue weighted by atomic mass is 32.2. The normalized spacial score (nSPS) is 10.9. The molecule has 4 aromatic rings. The number of pyridine rings is 1. The van der Waals surface area contributed by atoms with Gasteiger partial charge in [0.15, 0.2) is 0 Å². The lowest BCUT2D eigenvalue weighted by molar-refractivity contribution is 0.102. The molecule has 1 amide bonds. The van der Waals surface area contributed by atoms with Crippen LogP contribution in [0.3, 0.4) is 0 Å². The molecule has 0 saturated carbocycles. The van der Waals surface area contributed by atoms with E-state index in [2.05, 4.69) is 21.4 Å². The SMILES string of the molecule is Cc1ccc2cc(C(=O)Nc3cccc(CSc4ccccn4)c3)[nH]c2c1. The molecule has 0 radical (unpaired) electrons. The minimum atomic E-state index is -0.140. The number of amides is 1. The summed E-state index contributed by atoms with van der Waals surface area (Å²) in [5.74, 6) is 0.658. The Morgan fingerprint density at radius 1 is 1.07 bits per heavy atom. The number of fused-ring (bicyclic) bond motifs is 1. The fourth-order valence-electron chi connectivity index (χ4n) is 2.89. The first-order chi connectivity index (χ1) is 13.2. The predicted molar refractivity (Wildman–Crippen MR) is 111 cm³/mol. The Hall–Kier alpha value is -3.05. The van der Waals surface area contributed by atoms with Crippen LogP contribution in [0.5, 0.6) is 0 Å². The van der Waals surface area contributed by atoms with Crippen LogP contribution in [0, 0.1) is 6.92 Å². The van der Waals surface area contributed by atoms with Gasteiger partial charge in [-0.3, -0.25) is 4.79 Å². The van der Waals surface area contributed by atoms with Gasteiger partial charge in [0.2, 0.25) is 0 Å². The molecule has 0 bridgehead atoms. The summed E-state index contributed by atoms with van der Waals surface area (Å²) in [5, 5.41) is 5.00. The van der Waals surface area contributed by atoms with Gasteiger partial charge < -0.3 is 10.3 Å². The van der Waals surface area contributed by atoms with Gasteiger partial charge in [0.1, 0.15) is 5.69 Å². The molecule has 2 heterocycles. The molecular weight excluding hydrogens is 354 g/mol. The standard InChI is InChI=1S/C22H19N3OS/c1-15-8-9-17-13-20(25-19(17)11-15)22(26)24-18-6-4-5-16(12-18)14-27-21-7-2-3-10-23-21/h2-13,25H,14H2,1H3,(H,24,26). The summed E-state index contributed by atoms with van der Waals surface area (Å²) in [5.41, 5.74) is 4.61. The molecule has 0 aliphatic heterocycles. The lowest BCUT2D eigenvalue weighted by atomic mass is 10.2. The second kappa shape index (κ2) is 7.68. The van der Waals surface area contributed by atoms with Gasteiger partial charge in [-0.25, -0.2) is 4.98 Å². The van der Waals surface area contributed by atoms with Crippen molar-refractivity contribution in [2.45, 2.75) is 17.7 Å². The third kappa shape index (κ3) is 4.20. The third-order valence-electron chi connectivity index (χ3n) is 4.23. The van der Waals surface area contributed by atoms with E-state index in [1.165, 1.54) is 0 Å². The fourth-order valence-corrected chi connectivity index (χ4v) is 3.69. The zero-order valence-corrected chi connectivity index (χ0v) is 15.7. The summed E-state index contributed by atoms with van der Waals surface area (Å²) in [4.78, 5) is 20.1. The quantitative estimate of drug-likeness (QED) is 0.460. The second-order valence-electron chi connectivity index (χ2n) is 6.38. The van der Waals surface area contributed by atoms with Crippen LogP contribution < -0.4 is 5.32 Å². The average molecular weight is 373 g/mol. The fraction of sp³-hybridized carbons (Fsp3) is 0.0909. The van der Waals surface area contributed by atoms with Crippen LogP contribution in [0.4, 0.5) is 5.69 Å². The van der Waals surface area contributed by atoms with E-state index in [4.69, 9.17) is 0 Å². The molecule has 0 atom stereocenters. The third-order valence-corrected chi connectivity index (χ3v) is 5.25. The van der Waals surface area contributed by atoms with E-state index in [0.29, 0.717) is 5.69 Å². The number of aromatic nitrogens is 2. The van der Waals surface area contributed by atoms with Crippen LogP contribution in [0.1, 0.15) is 21.6 Å². The number of aryl methyl sites for hydroxylation is 1. The molecule has 2 aromatic heterocycles. The number of benzene rings is 2. The smallest absolute Gasteiger partial charge is 0.272 e. The van der Waals surface area contributed by atoms with Crippen LogP contribution >= 0.6 is 11.8 Å². The molecule has 0 saturated heterocycles. The van der Waals surface area contributed by atoms with Gasteiger partial charge in [-0.1, -0.05) is 30.3 Å². The zero-order valence-electron chi connectivity index (χ0n) is 14.9. The Kier molecular flexibility index (Phi) is 4.94. The van der Waals surface area contributed by atoms with Gasteiger partial charge in [0, 0.05) is 28.5 Å². The molecule has 4 rings (SSSR count). The zero-order chi connectivity index (χ0) is 18.6. The molecule has 0 fully saturated rings. The number of aromatic amines is 1. The summed E-state index contributed by atoms with van der Waals surface area (Å²) in [7, 11) is 0. The predicted octanol–water partition coefficient (Wildman–Crippen LogP) is 5.42. The van der Waals surface area contributed by atoms with E-state index in [-0.39, 0.29) is 5.91 Å². The summed E-state index contributed by atoms with van der Waals surface area (Å²) in [6.07, 6.45) is 1.79. The molecule has 2 N–H and O–H groups in total. The minimum absolute atomic E-state index is 0.140. The molecule has 134 valence electrons. The number of H-pyrrole nitrogens is 1. The topological polar surface area (TPSA) is 57.8 Å². The van der Waals surface area contributed by atoms with E-state index in [0.717, 1.165) is 38.5 Å². The molecule has 2 aromatic carbocycles. The summed E-state index contributed by atoms with van der Waals surface area (Å²) in [6, 6.07) is 21.8. The van der Waals surface area contributed by atoms with Crippen LogP contribution in [0.25, 0.3) is 10.9 Å². The van der Waals surface area contributed by atoms with Crippen molar-refractivity contribution in [3.8, 4) is 0 Å². The Balaban J connectivity index is 1.46. The second-order valence-corrected chi connectivity index (χ2v) is 7.38. The first-order valence-electron chi connectivity index (χ1n) is 8.71. The lowest BCUT2D eigenvalue weighted by Crippen LogP contribution is -2.12. The van der Waals surface area contributed by atoms with Crippen molar-refractivity contribution in [1.29, 1.82) is 0 Å². The van der Waals surface area contributed by atoms with Crippen LogP contribution in [0.2, 0.25) is 0 Å². The first kappa shape index (κ1) is 17.4. The van der Waals surface area contributed by atoms with Crippen molar-refractivity contribution in [2.24, 2.45) is 0 Å². The van der Waals surface area contributed by atoms with Gasteiger partial charge in [0.05, 0.1) is 5.03 Å². The summed E-state index contributed by atoms with van der Waals surface area (Å²) < 4.78 is 0. The van der Waals surface area contributed by atoms with E-state index < -0.39 is 0 Å². The molecule has 0 spiro atoms. The van der Waals surface area contributed by atoms with Gasteiger partial charge >= 0.3 is 0 Å². The molecular formula is C22H19N3OS. The number of carbonyl (C=O) groups is 1. The lowest BCUT2D eigenvalue weighted by Gasteiger charge is -2.07. The molecule has 27 heavy (non-hydrogen) atoms. The maximum absolute atomic E-state index is 12.6. The van der Waals surface area contributed by atoms with Crippen molar-refractivity contribution in [2.75, 3.05) is 5.32 Å². The van der Waals surface area contributed by atoms with E-state index in [1.54, 1.807) is 18.0 Å². The number of hydrogen-bond donors (Lipinski definition) is 2. The maximum atomic E-state index is 12.6. The van der Waals surface area contributed by atoms with Crippen molar-refractivity contribution < 1.29 is 4.79 Å². The van der Waals surface area contributed by atoms with Crippen LogP contribution in [-0.4, -0.2) is 15.9 Å². The Morgan fingerprint density at radius 2 is 2.00 bits per heavy atom. The van der Waals surface area contributed by atoms with Gasteiger partial charge in [0.25, 0.3) is 5.91 Å². The first-order valence-corrected chi connectivity index (χ1v) is 9.69. The highest BCUT2D eigenvalue weighted by Gasteiger charge is 2.10. The average Bonchev–Trinajstić information content (AvgIpc) is 3.11. The van der Waals surface area contributed by atoms with Crippen LogP contribution in [0.15, 0.2) is 78.0 Å². The number of rotatable bonds is 5. The molecule has 4 nitrogen and oxygen atoms in total. The molecule has 5 heteroatoms.